The molecule has 112 valence electrons. The lowest BCUT2D eigenvalue weighted by atomic mass is 10.2. The highest BCUT2D eigenvalue weighted by molar-refractivity contribution is 7.89. The lowest BCUT2D eigenvalue weighted by Gasteiger charge is -2.20. The van der Waals surface area contributed by atoms with E-state index >= 15 is 0 Å². The van der Waals surface area contributed by atoms with E-state index in [1.54, 1.807) is 6.92 Å². The molecule has 0 radical (unpaired) electrons. The molecule has 0 unspecified atom stereocenters. The van der Waals surface area contributed by atoms with E-state index in [1.807, 2.05) is 0 Å². The third kappa shape index (κ3) is 3.27. The first-order valence-electron chi connectivity index (χ1n) is 5.97. The Morgan fingerprint density at radius 3 is 2.55 bits per heavy atom. The van der Waals surface area contributed by atoms with E-state index in [9.17, 15) is 13.2 Å². The van der Waals surface area contributed by atoms with Crippen molar-refractivity contribution in [1.82, 2.24) is 4.31 Å². The third-order valence-electron chi connectivity index (χ3n) is 2.78. The second-order valence-corrected chi connectivity index (χ2v) is 5.88. The number of primary amides is 1. The van der Waals surface area contributed by atoms with Gasteiger partial charge in [-0.05, 0) is 18.2 Å². The largest absolute Gasteiger partial charge is 0.496 e. The number of benzene rings is 1. The van der Waals surface area contributed by atoms with Crippen LogP contribution in [0.25, 0.3) is 0 Å². The Balaban J connectivity index is 3.32. The molecule has 1 aromatic rings. The second kappa shape index (κ2) is 6.69. The zero-order valence-electron chi connectivity index (χ0n) is 11.4. The fraction of sp³-hybridized carbons (Fsp3) is 0.417. The normalized spacial score (nSPS) is 11.6. The van der Waals surface area contributed by atoms with Crippen LogP contribution in [0.4, 0.5) is 0 Å². The molecule has 0 spiro atoms. The van der Waals surface area contributed by atoms with E-state index in [1.165, 1.54) is 25.3 Å². The van der Waals surface area contributed by atoms with Crippen LogP contribution in [0.1, 0.15) is 17.3 Å². The van der Waals surface area contributed by atoms with Crippen LogP contribution in [-0.4, -0.2) is 50.5 Å². The molecule has 3 N–H and O–H groups in total. The van der Waals surface area contributed by atoms with Crippen LogP contribution >= 0.6 is 0 Å². The average Bonchev–Trinajstić information content (AvgIpc) is 2.43. The Morgan fingerprint density at radius 1 is 1.45 bits per heavy atom. The Kier molecular flexibility index (Phi) is 5.49. The van der Waals surface area contributed by atoms with E-state index in [2.05, 4.69) is 0 Å². The minimum Gasteiger partial charge on any atom is -0.496 e. The van der Waals surface area contributed by atoms with Gasteiger partial charge >= 0.3 is 0 Å². The first-order chi connectivity index (χ1) is 9.38. The minimum absolute atomic E-state index is 0.00590. The Labute approximate surface area is 118 Å². The molecule has 0 fully saturated rings. The number of methoxy groups -OCH3 is 1. The predicted octanol–water partition coefficient (Wildman–Crippen LogP) is -0.203. The van der Waals surface area contributed by atoms with Gasteiger partial charge in [-0.25, -0.2) is 8.42 Å². The number of amides is 1. The highest BCUT2D eigenvalue weighted by atomic mass is 32.2. The molecule has 7 nitrogen and oxygen atoms in total. The molecule has 0 aromatic heterocycles. The molecule has 0 saturated carbocycles. The number of carbonyl (C=O) groups is 1. The van der Waals surface area contributed by atoms with Crippen LogP contribution < -0.4 is 10.5 Å². The molecule has 0 aliphatic heterocycles. The van der Waals surface area contributed by atoms with E-state index in [-0.39, 0.29) is 35.9 Å². The molecule has 0 aliphatic rings. The van der Waals surface area contributed by atoms with Crippen LogP contribution in [0.5, 0.6) is 5.75 Å². The number of rotatable bonds is 7. The summed E-state index contributed by atoms with van der Waals surface area (Å²) in [6.07, 6.45) is 0. The fourth-order valence-corrected chi connectivity index (χ4v) is 3.22. The summed E-state index contributed by atoms with van der Waals surface area (Å²) >= 11 is 0. The number of sulfonamides is 1. The Bertz CT molecular complexity index is 586. The molecule has 0 aliphatic carbocycles. The summed E-state index contributed by atoms with van der Waals surface area (Å²) in [7, 11) is -2.42. The maximum Gasteiger partial charge on any atom is 0.252 e. The number of aliphatic hydroxyl groups excluding tert-OH is 1. The van der Waals surface area contributed by atoms with Gasteiger partial charge in [-0.15, -0.1) is 0 Å². The van der Waals surface area contributed by atoms with Crippen LogP contribution in [-0.2, 0) is 10.0 Å². The van der Waals surface area contributed by atoms with Crippen molar-refractivity contribution in [1.29, 1.82) is 0 Å². The van der Waals surface area contributed by atoms with Crippen molar-refractivity contribution in [3.63, 3.8) is 0 Å². The van der Waals surface area contributed by atoms with Gasteiger partial charge < -0.3 is 15.6 Å². The third-order valence-corrected chi connectivity index (χ3v) is 4.75. The van der Waals surface area contributed by atoms with Crippen molar-refractivity contribution >= 4 is 15.9 Å². The topological polar surface area (TPSA) is 110 Å². The molecule has 1 aromatic carbocycles. The fourth-order valence-electron chi connectivity index (χ4n) is 1.75. The number of carbonyl (C=O) groups excluding carboxylic acids is 1. The highest BCUT2D eigenvalue weighted by Crippen LogP contribution is 2.24. The molecular weight excluding hydrogens is 284 g/mol. The number of nitrogens with two attached hydrogens (primary N) is 1. The summed E-state index contributed by atoms with van der Waals surface area (Å²) in [5, 5.41) is 8.90. The summed E-state index contributed by atoms with van der Waals surface area (Å²) in [6, 6.07) is 3.89. The molecule has 0 saturated heterocycles. The molecule has 0 atom stereocenters. The summed E-state index contributed by atoms with van der Waals surface area (Å²) in [6.45, 7) is 1.56. The molecule has 20 heavy (non-hydrogen) atoms. The number of nitrogens with zero attached hydrogens (tertiary/aromatic N) is 1. The predicted molar refractivity (Wildman–Crippen MR) is 73.0 cm³/mol. The first-order valence-corrected chi connectivity index (χ1v) is 7.41. The van der Waals surface area contributed by atoms with Gasteiger partial charge in [0.2, 0.25) is 10.0 Å². The zero-order valence-corrected chi connectivity index (χ0v) is 12.2. The molecule has 0 bridgehead atoms. The maximum atomic E-state index is 12.3. The van der Waals surface area contributed by atoms with Gasteiger partial charge in [0.25, 0.3) is 5.91 Å². The van der Waals surface area contributed by atoms with Crippen molar-refractivity contribution in [3.8, 4) is 5.75 Å². The van der Waals surface area contributed by atoms with Gasteiger partial charge in [0.1, 0.15) is 5.75 Å². The van der Waals surface area contributed by atoms with Crippen molar-refractivity contribution < 1.29 is 23.1 Å². The van der Waals surface area contributed by atoms with Gasteiger partial charge in [-0.2, -0.15) is 4.31 Å². The minimum atomic E-state index is -3.78. The highest BCUT2D eigenvalue weighted by Gasteiger charge is 2.24. The van der Waals surface area contributed by atoms with Crippen LogP contribution in [0.2, 0.25) is 0 Å². The molecular formula is C12H18N2O5S. The molecule has 8 heteroatoms. The Morgan fingerprint density at radius 2 is 2.10 bits per heavy atom. The lowest BCUT2D eigenvalue weighted by molar-refractivity contribution is 0.0997. The number of aliphatic hydroxyl groups is 1. The zero-order chi connectivity index (χ0) is 15.3. The quantitative estimate of drug-likeness (QED) is 0.724. The SMILES string of the molecule is CCN(CCO)S(=O)(=O)c1ccc(OC)c(C(N)=O)c1. The van der Waals surface area contributed by atoms with E-state index in [4.69, 9.17) is 15.6 Å². The van der Waals surface area contributed by atoms with Crippen LogP contribution in [0.15, 0.2) is 23.1 Å². The summed E-state index contributed by atoms with van der Waals surface area (Å²) < 4.78 is 30.8. The summed E-state index contributed by atoms with van der Waals surface area (Å²) in [4.78, 5) is 11.3. The van der Waals surface area contributed by atoms with Crippen molar-refractivity contribution in [3.05, 3.63) is 23.8 Å². The van der Waals surface area contributed by atoms with E-state index in [0.29, 0.717) is 0 Å². The molecule has 1 amide bonds. The number of likely N-dealkylation sites (N-methyl/N-ethyl adjacent to an activating group) is 1. The van der Waals surface area contributed by atoms with Crippen LogP contribution in [0.3, 0.4) is 0 Å². The number of ether oxygens (including phenoxy) is 1. The summed E-state index contributed by atoms with van der Waals surface area (Å²) in [5.41, 5.74) is 5.20. The van der Waals surface area contributed by atoms with E-state index < -0.39 is 15.9 Å². The van der Waals surface area contributed by atoms with Crippen molar-refractivity contribution in [2.24, 2.45) is 5.73 Å². The Hall–Kier alpha value is -1.64. The van der Waals surface area contributed by atoms with Gasteiger partial charge in [0.05, 0.1) is 24.2 Å². The maximum absolute atomic E-state index is 12.3. The van der Waals surface area contributed by atoms with Gasteiger partial charge in [-0.3, -0.25) is 4.79 Å². The summed E-state index contributed by atoms with van der Waals surface area (Å²) in [5.74, 6) is -0.564. The van der Waals surface area contributed by atoms with Crippen molar-refractivity contribution in [2.75, 3.05) is 26.8 Å². The molecule has 0 heterocycles. The van der Waals surface area contributed by atoms with Gasteiger partial charge in [0, 0.05) is 13.1 Å². The van der Waals surface area contributed by atoms with Gasteiger partial charge in [-0.1, -0.05) is 6.92 Å². The second-order valence-electron chi connectivity index (χ2n) is 3.95. The monoisotopic (exact) mass is 302 g/mol. The first kappa shape index (κ1) is 16.4. The smallest absolute Gasteiger partial charge is 0.252 e. The van der Waals surface area contributed by atoms with Crippen LogP contribution in [0, 0.1) is 0 Å². The number of hydrogen-bond donors (Lipinski definition) is 2. The lowest BCUT2D eigenvalue weighted by Crippen LogP contribution is -2.33. The standard InChI is InChI=1S/C12H18N2O5S/c1-3-14(6-7-15)20(17,18)9-4-5-11(19-2)10(8-9)12(13)16/h4-5,8,15H,3,6-7H2,1-2H3,(H2,13,16). The van der Waals surface area contributed by atoms with Crippen molar-refractivity contribution in [2.45, 2.75) is 11.8 Å². The van der Waals surface area contributed by atoms with E-state index in [0.717, 1.165) is 4.31 Å². The number of hydrogen-bond acceptors (Lipinski definition) is 5. The van der Waals surface area contributed by atoms with Gasteiger partial charge in [0.15, 0.2) is 0 Å². The average molecular weight is 302 g/mol. The molecule has 1 rings (SSSR count).